The van der Waals surface area contributed by atoms with E-state index in [1.165, 1.54) is 4.68 Å². The molecule has 5 rings (SSSR count). The van der Waals surface area contributed by atoms with Gasteiger partial charge in [-0.15, -0.1) is 0 Å². The number of halogens is 3. The smallest absolute Gasteiger partial charge is 0.227 e. The summed E-state index contributed by atoms with van der Waals surface area (Å²) in [6.45, 7) is 7.49. The molecule has 0 radical (unpaired) electrons. The van der Waals surface area contributed by atoms with Crippen LogP contribution in [-0.2, 0) is 11.3 Å². The molecule has 2 N–H and O–H groups in total. The Balaban J connectivity index is 1.36. The number of piperidine rings is 1. The molecule has 3 aromatic rings. The second-order valence-corrected chi connectivity index (χ2v) is 10.8. The zero-order valence-corrected chi connectivity index (χ0v) is 21.4. The normalized spacial score (nSPS) is 25.6. The molecule has 2 aromatic heterocycles. The van der Waals surface area contributed by atoms with E-state index in [1.54, 1.807) is 32.3 Å². The minimum absolute atomic E-state index is 0.154. The second-order valence-electron chi connectivity index (χ2n) is 10.1. The van der Waals surface area contributed by atoms with Gasteiger partial charge in [-0.3, -0.25) is 4.90 Å². The molecule has 0 spiro atoms. The molecule has 4 heterocycles. The Labute approximate surface area is 213 Å². The third-order valence-electron chi connectivity index (χ3n) is 6.77. The molecule has 2 saturated heterocycles. The molecule has 1 aromatic carbocycles. The Morgan fingerprint density at radius 1 is 1.29 bits per heavy atom. The fraction of sp³-hybridized carbons (Fsp3) is 0.542. The molecule has 188 valence electrons. The van der Waals surface area contributed by atoms with Gasteiger partial charge in [-0.1, -0.05) is 23.2 Å². The summed E-state index contributed by atoms with van der Waals surface area (Å²) in [5.74, 6) is 0.0430. The van der Waals surface area contributed by atoms with Crippen molar-refractivity contribution in [3.8, 4) is 0 Å². The monoisotopic (exact) mass is 522 g/mol. The van der Waals surface area contributed by atoms with Crippen molar-refractivity contribution in [2.24, 2.45) is 0 Å². The van der Waals surface area contributed by atoms with E-state index in [0.29, 0.717) is 52.9 Å². The Kier molecular flexibility index (Phi) is 6.65. The van der Waals surface area contributed by atoms with Crippen molar-refractivity contribution in [3.63, 3.8) is 0 Å². The standard InChI is InChI=1S/C24H29Cl2FN6O2/c1-13-21(11-35-13)32-5-4-15(18(27)10-32)16-7-19-14(6-17(16)25)8-28-23(30-19)31-20-9-29-33(22(20)26)12-24(2,3)34/h6-9,13,15,18,21,34H,4-5,10-12H2,1-3H3,(H,28,30,31)/t13?,15-,18+,21?/m1/s1. The van der Waals surface area contributed by atoms with Gasteiger partial charge in [0.1, 0.15) is 6.17 Å². The zero-order valence-electron chi connectivity index (χ0n) is 19.9. The van der Waals surface area contributed by atoms with Crippen LogP contribution in [0.1, 0.15) is 38.7 Å². The van der Waals surface area contributed by atoms with E-state index >= 15 is 4.39 Å². The maximum absolute atomic E-state index is 15.3. The van der Waals surface area contributed by atoms with Crippen LogP contribution in [0.5, 0.6) is 0 Å². The molecule has 0 saturated carbocycles. The molecule has 0 aliphatic carbocycles. The molecule has 0 amide bonds. The molecular weight excluding hydrogens is 494 g/mol. The van der Waals surface area contributed by atoms with Gasteiger partial charge in [0.15, 0.2) is 5.15 Å². The minimum Gasteiger partial charge on any atom is -0.389 e. The van der Waals surface area contributed by atoms with Gasteiger partial charge >= 0.3 is 0 Å². The van der Waals surface area contributed by atoms with Crippen LogP contribution in [0.15, 0.2) is 24.5 Å². The highest BCUT2D eigenvalue weighted by atomic mass is 35.5. The minimum atomic E-state index is -1.02. The third-order valence-corrected chi connectivity index (χ3v) is 7.50. The number of likely N-dealkylation sites (tertiary alicyclic amines) is 1. The van der Waals surface area contributed by atoms with E-state index in [0.717, 1.165) is 17.5 Å². The Bertz CT molecular complexity index is 1230. The molecule has 2 unspecified atom stereocenters. The molecule has 0 bridgehead atoms. The van der Waals surface area contributed by atoms with Gasteiger partial charge in [0.25, 0.3) is 0 Å². The lowest BCUT2D eigenvalue weighted by atomic mass is 9.86. The van der Waals surface area contributed by atoms with Crippen molar-refractivity contribution < 1.29 is 14.2 Å². The predicted octanol–water partition coefficient (Wildman–Crippen LogP) is 4.56. The number of rotatable bonds is 6. The molecule has 35 heavy (non-hydrogen) atoms. The van der Waals surface area contributed by atoms with Crippen molar-refractivity contribution in [3.05, 3.63) is 40.3 Å². The summed E-state index contributed by atoms with van der Waals surface area (Å²) < 4.78 is 22.3. The summed E-state index contributed by atoms with van der Waals surface area (Å²) in [4.78, 5) is 11.2. The lowest BCUT2D eigenvalue weighted by Crippen LogP contribution is -2.58. The summed E-state index contributed by atoms with van der Waals surface area (Å²) in [6.07, 6.45) is 3.04. The topological polar surface area (TPSA) is 88.3 Å². The van der Waals surface area contributed by atoms with Crippen molar-refractivity contribution >= 4 is 45.7 Å². The number of hydrogen-bond acceptors (Lipinski definition) is 7. The van der Waals surface area contributed by atoms with Crippen molar-refractivity contribution in [2.75, 3.05) is 25.0 Å². The molecule has 4 atom stereocenters. The molecule has 2 aliphatic heterocycles. The van der Waals surface area contributed by atoms with Crippen LogP contribution in [0.4, 0.5) is 16.0 Å². The molecular formula is C24H29Cl2FN6O2. The predicted molar refractivity (Wildman–Crippen MR) is 134 cm³/mol. The van der Waals surface area contributed by atoms with E-state index in [9.17, 15) is 5.11 Å². The first-order valence-corrected chi connectivity index (χ1v) is 12.5. The summed E-state index contributed by atoms with van der Waals surface area (Å²) in [6, 6.07) is 3.96. The second kappa shape index (κ2) is 9.44. The number of fused-ring (bicyclic) bond motifs is 1. The van der Waals surface area contributed by atoms with Crippen LogP contribution >= 0.6 is 23.2 Å². The van der Waals surface area contributed by atoms with E-state index in [4.69, 9.17) is 27.9 Å². The number of hydrogen-bond donors (Lipinski definition) is 2. The zero-order chi connectivity index (χ0) is 24.9. The van der Waals surface area contributed by atoms with E-state index < -0.39 is 11.8 Å². The summed E-state index contributed by atoms with van der Waals surface area (Å²) in [7, 11) is 0. The Morgan fingerprint density at radius 3 is 2.74 bits per heavy atom. The SMILES string of the molecule is CC1OCC1N1CC[C@H](c2cc3nc(Nc4cnn(CC(C)(C)O)c4Cl)ncc3cc2Cl)[C@@H](F)C1. The van der Waals surface area contributed by atoms with Gasteiger partial charge in [-0.25, -0.2) is 19.0 Å². The fourth-order valence-corrected chi connectivity index (χ4v) is 5.33. The number of ether oxygens (including phenoxy) is 1. The number of aromatic nitrogens is 4. The van der Waals surface area contributed by atoms with Crippen molar-refractivity contribution in [1.82, 2.24) is 24.6 Å². The highest BCUT2D eigenvalue weighted by Gasteiger charge is 2.40. The van der Waals surface area contributed by atoms with Gasteiger partial charge in [-0.05, 0) is 51.4 Å². The van der Waals surface area contributed by atoms with E-state index in [2.05, 4.69) is 25.3 Å². The lowest BCUT2D eigenvalue weighted by Gasteiger charge is -2.46. The largest absolute Gasteiger partial charge is 0.389 e. The Hall–Kier alpha value is -2.04. The maximum atomic E-state index is 15.3. The van der Waals surface area contributed by atoms with Gasteiger partial charge in [0, 0.05) is 29.1 Å². The maximum Gasteiger partial charge on any atom is 0.227 e. The number of alkyl halides is 1. The summed E-state index contributed by atoms with van der Waals surface area (Å²) >= 11 is 13.0. The van der Waals surface area contributed by atoms with Crippen LogP contribution in [0.2, 0.25) is 10.2 Å². The van der Waals surface area contributed by atoms with Crippen LogP contribution in [0, 0.1) is 0 Å². The number of nitrogens with zero attached hydrogens (tertiary/aromatic N) is 5. The molecule has 11 heteroatoms. The van der Waals surface area contributed by atoms with Crippen molar-refractivity contribution in [1.29, 1.82) is 0 Å². The average Bonchev–Trinajstić information content (AvgIpc) is 3.10. The van der Waals surface area contributed by atoms with E-state index in [1.807, 2.05) is 13.0 Å². The lowest BCUT2D eigenvalue weighted by molar-refractivity contribution is -0.134. The molecule has 8 nitrogen and oxygen atoms in total. The van der Waals surface area contributed by atoms with Gasteiger partial charge < -0.3 is 15.2 Å². The first-order valence-electron chi connectivity index (χ1n) is 11.8. The molecule has 2 fully saturated rings. The first-order chi connectivity index (χ1) is 16.6. The van der Waals surface area contributed by atoms with Crippen LogP contribution < -0.4 is 5.32 Å². The third kappa shape index (κ3) is 5.11. The van der Waals surface area contributed by atoms with Crippen molar-refractivity contribution in [2.45, 2.75) is 63.6 Å². The number of aliphatic hydroxyl groups is 1. The highest BCUT2D eigenvalue weighted by Crippen LogP contribution is 2.38. The summed E-state index contributed by atoms with van der Waals surface area (Å²) in [5.41, 5.74) is 0.994. The van der Waals surface area contributed by atoms with Gasteiger partial charge in [0.05, 0.1) is 48.3 Å². The first kappa shape index (κ1) is 24.6. The van der Waals surface area contributed by atoms with Gasteiger partial charge in [-0.2, -0.15) is 5.10 Å². The van der Waals surface area contributed by atoms with Crippen LogP contribution in [0.3, 0.4) is 0 Å². The van der Waals surface area contributed by atoms with E-state index in [-0.39, 0.29) is 18.6 Å². The quantitative estimate of drug-likeness (QED) is 0.490. The Morgan fingerprint density at radius 2 is 2.09 bits per heavy atom. The summed E-state index contributed by atoms with van der Waals surface area (Å²) in [5, 5.41) is 19.0. The van der Waals surface area contributed by atoms with Gasteiger partial charge in [0.2, 0.25) is 5.95 Å². The molecule has 2 aliphatic rings. The fourth-order valence-electron chi connectivity index (χ4n) is 4.82. The van der Waals surface area contributed by atoms with Crippen LogP contribution in [0.25, 0.3) is 10.9 Å². The number of nitrogens with one attached hydrogen (secondary N) is 1. The number of benzene rings is 1. The number of anilines is 2. The average molecular weight is 523 g/mol. The highest BCUT2D eigenvalue weighted by molar-refractivity contribution is 6.32. The van der Waals surface area contributed by atoms with Crippen LogP contribution in [-0.4, -0.2) is 73.4 Å².